The SMILES string of the molecule is CCC(C)C(NC(=O)C(CCC(N)=O)NC(=O)C(N)Cc1c[nH]c2ccccc12)C(=O)O. The van der Waals surface area contributed by atoms with Crippen molar-refractivity contribution >= 4 is 34.6 Å². The second-order valence-corrected chi connectivity index (χ2v) is 7.95. The molecule has 0 aliphatic heterocycles. The zero-order valence-electron chi connectivity index (χ0n) is 18.3. The van der Waals surface area contributed by atoms with Crippen molar-refractivity contribution in [2.45, 2.75) is 57.7 Å². The predicted molar refractivity (Wildman–Crippen MR) is 119 cm³/mol. The molecule has 0 aliphatic carbocycles. The highest BCUT2D eigenvalue weighted by Crippen LogP contribution is 2.19. The van der Waals surface area contributed by atoms with Crippen molar-refractivity contribution in [1.82, 2.24) is 15.6 Å². The highest BCUT2D eigenvalue weighted by Gasteiger charge is 2.30. The number of nitrogens with two attached hydrogens (primary N) is 2. The number of benzene rings is 1. The molecule has 0 saturated carbocycles. The summed E-state index contributed by atoms with van der Waals surface area (Å²) >= 11 is 0. The number of aliphatic carboxylic acids is 1. The highest BCUT2D eigenvalue weighted by molar-refractivity contribution is 5.92. The van der Waals surface area contributed by atoms with E-state index in [4.69, 9.17) is 11.5 Å². The molecule has 3 amide bonds. The van der Waals surface area contributed by atoms with E-state index in [1.54, 1.807) is 13.1 Å². The molecule has 32 heavy (non-hydrogen) atoms. The molecule has 0 fully saturated rings. The van der Waals surface area contributed by atoms with E-state index in [9.17, 15) is 24.3 Å². The Hall–Kier alpha value is -3.40. The first kappa shape index (κ1) is 24.9. The van der Waals surface area contributed by atoms with Gasteiger partial charge in [0.1, 0.15) is 12.1 Å². The molecule has 4 unspecified atom stereocenters. The van der Waals surface area contributed by atoms with E-state index in [0.29, 0.717) is 6.42 Å². The molecule has 1 heterocycles. The number of primary amides is 1. The first-order valence-corrected chi connectivity index (χ1v) is 10.6. The van der Waals surface area contributed by atoms with Crippen LogP contribution in [0.15, 0.2) is 30.5 Å². The predicted octanol–water partition coefficient (Wildman–Crippen LogP) is 0.404. The molecule has 2 aromatic rings. The fourth-order valence-corrected chi connectivity index (χ4v) is 3.40. The molecule has 4 atom stereocenters. The van der Waals surface area contributed by atoms with Crippen molar-refractivity contribution in [2.24, 2.45) is 17.4 Å². The molecule has 0 spiro atoms. The lowest BCUT2D eigenvalue weighted by Gasteiger charge is -2.25. The molecule has 0 bridgehead atoms. The summed E-state index contributed by atoms with van der Waals surface area (Å²) in [5.74, 6) is -3.43. The van der Waals surface area contributed by atoms with Gasteiger partial charge in [0.15, 0.2) is 0 Å². The summed E-state index contributed by atoms with van der Waals surface area (Å²) < 4.78 is 0. The number of carboxylic acid groups (broad SMARTS) is 1. The van der Waals surface area contributed by atoms with Gasteiger partial charge in [-0.15, -0.1) is 0 Å². The van der Waals surface area contributed by atoms with Gasteiger partial charge < -0.3 is 32.2 Å². The first-order valence-electron chi connectivity index (χ1n) is 10.6. The van der Waals surface area contributed by atoms with E-state index in [2.05, 4.69) is 15.6 Å². The second kappa shape index (κ2) is 11.3. The molecule has 0 saturated heterocycles. The summed E-state index contributed by atoms with van der Waals surface area (Å²) in [4.78, 5) is 51.3. The van der Waals surface area contributed by atoms with Crippen molar-refractivity contribution < 1.29 is 24.3 Å². The van der Waals surface area contributed by atoms with Crippen molar-refractivity contribution in [3.63, 3.8) is 0 Å². The first-order chi connectivity index (χ1) is 15.1. The average molecular weight is 446 g/mol. The van der Waals surface area contributed by atoms with Crippen LogP contribution >= 0.6 is 0 Å². The third kappa shape index (κ3) is 6.55. The largest absolute Gasteiger partial charge is 0.480 e. The van der Waals surface area contributed by atoms with Crippen LogP contribution < -0.4 is 22.1 Å². The van der Waals surface area contributed by atoms with E-state index < -0.39 is 41.8 Å². The van der Waals surface area contributed by atoms with Gasteiger partial charge in [-0.3, -0.25) is 14.4 Å². The number of aromatic nitrogens is 1. The number of carbonyl (C=O) groups excluding carboxylic acids is 3. The van der Waals surface area contributed by atoms with E-state index in [0.717, 1.165) is 16.5 Å². The van der Waals surface area contributed by atoms with Crippen LogP contribution in [0.2, 0.25) is 0 Å². The summed E-state index contributed by atoms with van der Waals surface area (Å²) in [6, 6.07) is 4.37. The van der Waals surface area contributed by atoms with Gasteiger partial charge >= 0.3 is 5.97 Å². The fraction of sp³-hybridized carbons (Fsp3) is 0.455. The highest BCUT2D eigenvalue weighted by atomic mass is 16.4. The molecule has 2 rings (SSSR count). The quantitative estimate of drug-likeness (QED) is 0.275. The van der Waals surface area contributed by atoms with Crippen LogP contribution in [0.3, 0.4) is 0 Å². The molecule has 1 aromatic carbocycles. The van der Waals surface area contributed by atoms with Gasteiger partial charge in [-0.2, -0.15) is 0 Å². The Kier molecular flexibility index (Phi) is 8.77. The van der Waals surface area contributed by atoms with Gasteiger partial charge in [-0.25, -0.2) is 4.79 Å². The number of H-pyrrole nitrogens is 1. The monoisotopic (exact) mass is 445 g/mol. The van der Waals surface area contributed by atoms with Gasteiger partial charge in [-0.1, -0.05) is 38.5 Å². The lowest BCUT2D eigenvalue weighted by Crippen LogP contribution is -2.56. The van der Waals surface area contributed by atoms with E-state index >= 15 is 0 Å². The Morgan fingerprint density at radius 3 is 2.44 bits per heavy atom. The number of amides is 3. The Bertz CT molecular complexity index is 973. The Morgan fingerprint density at radius 1 is 1.12 bits per heavy atom. The third-order valence-electron chi connectivity index (χ3n) is 5.54. The Labute approximate surface area is 186 Å². The minimum absolute atomic E-state index is 0.0699. The number of nitrogens with one attached hydrogen (secondary N) is 3. The summed E-state index contributed by atoms with van der Waals surface area (Å²) in [5, 5.41) is 15.4. The molecule has 0 aliphatic rings. The average Bonchev–Trinajstić information content (AvgIpc) is 3.16. The lowest BCUT2D eigenvalue weighted by atomic mass is 9.98. The van der Waals surface area contributed by atoms with Crippen LogP contribution in [0.25, 0.3) is 10.9 Å². The minimum atomic E-state index is -1.18. The van der Waals surface area contributed by atoms with Gasteiger partial charge in [0, 0.05) is 23.5 Å². The maximum atomic E-state index is 12.8. The van der Waals surface area contributed by atoms with Crippen molar-refractivity contribution in [1.29, 1.82) is 0 Å². The van der Waals surface area contributed by atoms with Crippen molar-refractivity contribution in [2.75, 3.05) is 0 Å². The molecule has 1 aromatic heterocycles. The molecule has 0 radical (unpaired) electrons. The minimum Gasteiger partial charge on any atom is -0.480 e. The summed E-state index contributed by atoms with van der Waals surface area (Å²) in [6.07, 6.45) is 2.31. The van der Waals surface area contributed by atoms with Gasteiger partial charge in [0.2, 0.25) is 17.7 Å². The number of carbonyl (C=O) groups is 4. The number of carboxylic acids is 1. The van der Waals surface area contributed by atoms with E-state index in [1.807, 2.05) is 31.2 Å². The van der Waals surface area contributed by atoms with Crippen LogP contribution in [-0.2, 0) is 25.6 Å². The fourth-order valence-electron chi connectivity index (χ4n) is 3.40. The molecule has 10 heteroatoms. The molecule has 8 N–H and O–H groups in total. The zero-order valence-corrected chi connectivity index (χ0v) is 18.3. The normalized spacial score (nSPS) is 14.8. The van der Waals surface area contributed by atoms with E-state index in [1.165, 1.54) is 0 Å². The maximum absolute atomic E-state index is 12.8. The zero-order chi connectivity index (χ0) is 23.8. The van der Waals surface area contributed by atoms with Crippen LogP contribution in [0.1, 0.15) is 38.7 Å². The lowest BCUT2D eigenvalue weighted by molar-refractivity contribution is -0.144. The maximum Gasteiger partial charge on any atom is 0.326 e. The second-order valence-electron chi connectivity index (χ2n) is 7.95. The number of hydrogen-bond acceptors (Lipinski definition) is 5. The summed E-state index contributed by atoms with van der Waals surface area (Å²) in [7, 11) is 0. The van der Waals surface area contributed by atoms with Crippen molar-refractivity contribution in [3.8, 4) is 0 Å². The van der Waals surface area contributed by atoms with Gasteiger partial charge in [0.25, 0.3) is 0 Å². The Balaban J connectivity index is 2.10. The van der Waals surface area contributed by atoms with Crippen LogP contribution in [0.5, 0.6) is 0 Å². The Morgan fingerprint density at radius 2 is 1.81 bits per heavy atom. The molecule has 10 nitrogen and oxygen atoms in total. The topological polar surface area (TPSA) is 180 Å². The van der Waals surface area contributed by atoms with Crippen LogP contribution in [-0.4, -0.2) is 51.9 Å². The van der Waals surface area contributed by atoms with Gasteiger partial charge in [0.05, 0.1) is 6.04 Å². The molecular weight excluding hydrogens is 414 g/mol. The van der Waals surface area contributed by atoms with Crippen LogP contribution in [0.4, 0.5) is 0 Å². The van der Waals surface area contributed by atoms with Gasteiger partial charge in [-0.05, 0) is 30.4 Å². The molecule has 174 valence electrons. The number of aromatic amines is 1. The number of rotatable bonds is 12. The number of para-hydroxylation sites is 1. The van der Waals surface area contributed by atoms with Crippen LogP contribution in [0, 0.1) is 5.92 Å². The summed E-state index contributed by atoms with van der Waals surface area (Å²) in [5.41, 5.74) is 13.0. The standard InChI is InChI=1S/C22H31N5O5/c1-3-12(2)19(22(31)32)27-21(30)17(8-9-18(24)28)26-20(29)15(23)10-13-11-25-16-7-5-4-6-14(13)16/h4-7,11-12,15,17,19,25H,3,8-10,23H2,1-2H3,(H2,24,28)(H,26,29)(H,27,30)(H,31,32). The van der Waals surface area contributed by atoms with Crippen molar-refractivity contribution in [3.05, 3.63) is 36.0 Å². The molecular formula is C22H31N5O5. The number of fused-ring (bicyclic) bond motifs is 1. The smallest absolute Gasteiger partial charge is 0.326 e. The summed E-state index contributed by atoms with van der Waals surface area (Å²) in [6.45, 7) is 3.51. The van der Waals surface area contributed by atoms with E-state index in [-0.39, 0.29) is 25.2 Å². The number of hydrogen-bond donors (Lipinski definition) is 6. The third-order valence-corrected chi connectivity index (χ3v) is 5.54.